The molecule has 1 saturated carbocycles. The molecule has 0 aromatic rings. The summed E-state index contributed by atoms with van der Waals surface area (Å²) in [4.78, 5) is 2.50. The van der Waals surface area contributed by atoms with Gasteiger partial charge in [-0.15, -0.1) is 0 Å². The van der Waals surface area contributed by atoms with Gasteiger partial charge in [-0.05, 0) is 43.3 Å². The minimum absolute atomic E-state index is 0.212. The van der Waals surface area contributed by atoms with E-state index in [9.17, 15) is 10.2 Å². The van der Waals surface area contributed by atoms with E-state index in [-0.39, 0.29) is 18.1 Å². The molecule has 0 radical (unpaired) electrons. The lowest BCUT2D eigenvalue weighted by molar-refractivity contribution is 0.0410. The molecule has 5 heteroatoms. The summed E-state index contributed by atoms with van der Waals surface area (Å²) < 4.78 is 5.41. The number of rotatable bonds is 12. The maximum Gasteiger partial charge on any atom is 0.0721 e. The fourth-order valence-corrected chi connectivity index (χ4v) is 6.07. The number of allylic oxidation sites excluding steroid dienone is 2. The van der Waals surface area contributed by atoms with Gasteiger partial charge < -0.3 is 14.9 Å². The quantitative estimate of drug-likeness (QED) is 0.368. The van der Waals surface area contributed by atoms with Crippen LogP contribution in [0.2, 0.25) is 0 Å². The Morgan fingerprint density at radius 1 is 1.28 bits per heavy atom. The molecule has 29 heavy (non-hydrogen) atoms. The van der Waals surface area contributed by atoms with Gasteiger partial charge in [0.1, 0.15) is 0 Å². The number of fused-ring (bicyclic) bond motifs is 1. The zero-order valence-electron chi connectivity index (χ0n) is 18.2. The highest BCUT2D eigenvalue weighted by atomic mass is 32.2. The summed E-state index contributed by atoms with van der Waals surface area (Å²) in [5.41, 5.74) is 1.59. The van der Waals surface area contributed by atoms with E-state index in [1.54, 1.807) is 5.57 Å². The van der Waals surface area contributed by atoms with Crippen molar-refractivity contribution >= 4 is 11.8 Å². The standard InChI is InChI=1S/C24H41NO3S/c1-2-3-4-5-21(26)6-7-22-23-17-19(16-20(23)18-24(22)27)8-14-29-15-11-25-9-12-28-13-10-25/h6-7,16,20-24,26-27H,2-5,8-15,17-18H2,1H3/b7-6+/t20-,21-,22+,23-,24+/m0/s1. The predicted octanol–water partition coefficient (Wildman–Crippen LogP) is 3.88. The molecule has 2 fully saturated rings. The smallest absolute Gasteiger partial charge is 0.0721 e. The van der Waals surface area contributed by atoms with Gasteiger partial charge in [-0.2, -0.15) is 11.8 Å². The lowest BCUT2D eigenvalue weighted by atomic mass is 9.88. The van der Waals surface area contributed by atoms with Crippen molar-refractivity contribution in [2.75, 3.05) is 44.4 Å². The summed E-state index contributed by atoms with van der Waals surface area (Å²) in [5.74, 6) is 3.70. The highest BCUT2D eigenvalue weighted by Gasteiger charge is 2.43. The number of ether oxygens (including phenoxy) is 1. The van der Waals surface area contributed by atoms with Gasteiger partial charge in [0.05, 0.1) is 25.4 Å². The zero-order chi connectivity index (χ0) is 20.5. The molecule has 1 saturated heterocycles. The number of nitrogens with zero attached hydrogens (tertiary/aromatic N) is 1. The Kier molecular flexibility index (Phi) is 10.1. The number of hydrogen-bond acceptors (Lipinski definition) is 5. The lowest BCUT2D eigenvalue weighted by Crippen LogP contribution is -2.37. The van der Waals surface area contributed by atoms with Gasteiger partial charge in [0.15, 0.2) is 0 Å². The molecule has 4 nitrogen and oxygen atoms in total. The number of morpholine rings is 1. The first-order valence-corrected chi connectivity index (χ1v) is 12.9. The van der Waals surface area contributed by atoms with Crippen LogP contribution in [0.1, 0.15) is 51.9 Å². The second kappa shape index (κ2) is 12.5. The Bertz CT molecular complexity index is 532. The first-order chi connectivity index (χ1) is 14.2. The molecule has 0 bridgehead atoms. The molecule has 0 aromatic heterocycles. The third-order valence-corrected chi connectivity index (χ3v) is 7.80. The molecule has 0 aromatic carbocycles. The average molecular weight is 424 g/mol. The van der Waals surface area contributed by atoms with Crippen molar-refractivity contribution in [2.24, 2.45) is 17.8 Å². The van der Waals surface area contributed by atoms with E-state index >= 15 is 0 Å². The Morgan fingerprint density at radius 2 is 2.10 bits per heavy atom. The maximum atomic E-state index is 10.5. The molecule has 0 unspecified atom stereocenters. The van der Waals surface area contributed by atoms with Gasteiger partial charge in [0.2, 0.25) is 0 Å². The van der Waals surface area contributed by atoms with Crippen LogP contribution in [0, 0.1) is 17.8 Å². The second-order valence-corrected chi connectivity index (χ2v) is 10.2. The Hall–Kier alpha value is -0.330. The van der Waals surface area contributed by atoms with Crippen molar-refractivity contribution in [3.05, 3.63) is 23.8 Å². The molecular formula is C24H41NO3S. The van der Waals surface area contributed by atoms with Crippen LogP contribution < -0.4 is 0 Å². The van der Waals surface area contributed by atoms with E-state index in [1.165, 1.54) is 37.3 Å². The third-order valence-electron chi connectivity index (χ3n) is 6.83. The Labute approximate surface area is 181 Å². The van der Waals surface area contributed by atoms with Crippen LogP contribution >= 0.6 is 11.8 Å². The van der Waals surface area contributed by atoms with E-state index in [2.05, 4.69) is 35.7 Å². The Morgan fingerprint density at radius 3 is 2.90 bits per heavy atom. The molecule has 5 atom stereocenters. The van der Waals surface area contributed by atoms with Gasteiger partial charge in [-0.1, -0.05) is 50.0 Å². The summed E-state index contributed by atoms with van der Waals surface area (Å²) in [6, 6.07) is 0. The van der Waals surface area contributed by atoms with Gasteiger partial charge in [-0.3, -0.25) is 4.90 Å². The topological polar surface area (TPSA) is 52.9 Å². The van der Waals surface area contributed by atoms with E-state index < -0.39 is 0 Å². The molecule has 3 aliphatic rings. The highest BCUT2D eigenvalue weighted by molar-refractivity contribution is 7.99. The summed E-state index contributed by atoms with van der Waals surface area (Å²) in [7, 11) is 0. The van der Waals surface area contributed by atoms with Crippen LogP contribution in [0.5, 0.6) is 0 Å². The molecule has 1 aliphatic heterocycles. The first-order valence-electron chi connectivity index (χ1n) is 11.8. The number of aliphatic hydroxyl groups is 2. The number of hydrogen-bond donors (Lipinski definition) is 2. The summed E-state index contributed by atoms with van der Waals surface area (Å²) in [6.45, 7) is 7.30. The number of aliphatic hydroxyl groups excluding tert-OH is 2. The zero-order valence-corrected chi connectivity index (χ0v) is 19.0. The minimum Gasteiger partial charge on any atom is -0.392 e. The van der Waals surface area contributed by atoms with Gasteiger partial charge in [0.25, 0.3) is 0 Å². The molecule has 0 spiro atoms. The van der Waals surface area contributed by atoms with Crippen LogP contribution in [-0.4, -0.2) is 71.7 Å². The third kappa shape index (κ3) is 7.39. The van der Waals surface area contributed by atoms with Crippen molar-refractivity contribution < 1.29 is 14.9 Å². The van der Waals surface area contributed by atoms with Crippen molar-refractivity contribution in [1.82, 2.24) is 4.90 Å². The summed E-state index contributed by atoms with van der Waals surface area (Å²) in [5, 5.41) is 20.7. The van der Waals surface area contributed by atoms with E-state index in [0.717, 1.165) is 52.0 Å². The SMILES string of the molecule is CCCCC[C@H](O)/C=C/[C@@H]1[C@H]2CC(CCSCCN3CCOCC3)=C[C@H]2C[C@H]1O. The van der Waals surface area contributed by atoms with Gasteiger partial charge in [-0.25, -0.2) is 0 Å². The van der Waals surface area contributed by atoms with Gasteiger partial charge >= 0.3 is 0 Å². The summed E-state index contributed by atoms with van der Waals surface area (Å²) in [6.07, 6.45) is 13.4. The molecular weight excluding hydrogens is 382 g/mol. The van der Waals surface area contributed by atoms with Crippen LogP contribution in [0.4, 0.5) is 0 Å². The molecule has 2 N–H and O–H groups in total. The van der Waals surface area contributed by atoms with Crippen molar-refractivity contribution in [1.29, 1.82) is 0 Å². The molecule has 166 valence electrons. The minimum atomic E-state index is -0.357. The van der Waals surface area contributed by atoms with Crippen molar-refractivity contribution in [3.8, 4) is 0 Å². The average Bonchev–Trinajstić information content (AvgIpc) is 3.23. The van der Waals surface area contributed by atoms with E-state index in [4.69, 9.17) is 4.74 Å². The fraction of sp³-hybridized carbons (Fsp3) is 0.833. The van der Waals surface area contributed by atoms with Gasteiger partial charge in [0, 0.05) is 31.3 Å². The molecule has 2 aliphatic carbocycles. The number of thioether (sulfide) groups is 1. The van der Waals surface area contributed by atoms with Crippen LogP contribution in [-0.2, 0) is 4.74 Å². The van der Waals surface area contributed by atoms with Crippen LogP contribution in [0.3, 0.4) is 0 Å². The number of unbranched alkanes of at least 4 members (excludes halogenated alkanes) is 2. The van der Waals surface area contributed by atoms with E-state index in [0.29, 0.717) is 11.8 Å². The predicted molar refractivity (Wildman–Crippen MR) is 122 cm³/mol. The van der Waals surface area contributed by atoms with Crippen molar-refractivity contribution in [3.63, 3.8) is 0 Å². The molecule has 0 amide bonds. The second-order valence-electron chi connectivity index (χ2n) is 9.00. The van der Waals surface area contributed by atoms with Crippen LogP contribution in [0.25, 0.3) is 0 Å². The lowest BCUT2D eigenvalue weighted by Gasteiger charge is -2.26. The summed E-state index contributed by atoms with van der Waals surface area (Å²) >= 11 is 2.07. The first kappa shape index (κ1) is 23.3. The fourth-order valence-electron chi connectivity index (χ4n) is 5.07. The van der Waals surface area contributed by atoms with Crippen molar-refractivity contribution in [2.45, 2.75) is 64.1 Å². The van der Waals surface area contributed by atoms with Crippen LogP contribution in [0.15, 0.2) is 23.8 Å². The molecule has 3 rings (SSSR count). The normalized spacial score (nSPS) is 31.3. The Balaban J connectivity index is 1.34. The monoisotopic (exact) mass is 423 g/mol. The largest absolute Gasteiger partial charge is 0.392 e. The van der Waals surface area contributed by atoms with E-state index in [1.807, 2.05) is 6.08 Å². The highest BCUT2D eigenvalue weighted by Crippen LogP contribution is 2.48. The maximum absolute atomic E-state index is 10.5. The molecule has 1 heterocycles.